The third kappa shape index (κ3) is 3.82. The van der Waals surface area contributed by atoms with Gasteiger partial charge in [0.1, 0.15) is 18.2 Å². The van der Waals surface area contributed by atoms with Crippen molar-refractivity contribution in [1.29, 1.82) is 0 Å². The zero-order valence-electron chi connectivity index (χ0n) is 16.3. The van der Waals surface area contributed by atoms with Gasteiger partial charge in [0.15, 0.2) is 0 Å². The zero-order chi connectivity index (χ0) is 20.4. The Bertz CT molecular complexity index is 907. The van der Waals surface area contributed by atoms with E-state index >= 15 is 0 Å². The number of hydrogen-bond donors (Lipinski definition) is 0. The zero-order valence-corrected chi connectivity index (χ0v) is 16.3. The number of para-hydroxylation sites is 1. The van der Waals surface area contributed by atoms with Gasteiger partial charge in [-0.2, -0.15) is 0 Å². The van der Waals surface area contributed by atoms with Gasteiger partial charge in [-0.1, -0.05) is 12.1 Å². The SMILES string of the molecule is COc1ccccc1C(=O)N1CCC2(CC1)CN(c1ccc(F)cc1)C(=O)CO2. The number of benzene rings is 2. The molecule has 2 saturated heterocycles. The van der Waals surface area contributed by atoms with Gasteiger partial charge in [0, 0.05) is 18.8 Å². The highest BCUT2D eigenvalue weighted by Gasteiger charge is 2.43. The predicted molar refractivity (Wildman–Crippen MR) is 106 cm³/mol. The molecule has 2 aromatic carbocycles. The molecule has 0 saturated carbocycles. The summed E-state index contributed by atoms with van der Waals surface area (Å²) in [6.45, 7) is 1.44. The number of piperidine rings is 1. The number of carbonyl (C=O) groups excluding carboxylic acids is 2. The third-order valence-electron chi connectivity index (χ3n) is 5.69. The molecule has 0 N–H and O–H groups in total. The van der Waals surface area contributed by atoms with Crippen LogP contribution in [-0.4, -0.2) is 55.7 Å². The van der Waals surface area contributed by atoms with E-state index in [-0.39, 0.29) is 24.2 Å². The van der Waals surface area contributed by atoms with E-state index < -0.39 is 5.60 Å². The van der Waals surface area contributed by atoms with E-state index in [2.05, 4.69) is 0 Å². The van der Waals surface area contributed by atoms with Crippen molar-refractivity contribution < 1.29 is 23.5 Å². The molecule has 2 fully saturated rings. The Morgan fingerprint density at radius 3 is 2.48 bits per heavy atom. The van der Waals surface area contributed by atoms with Gasteiger partial charge in [-0.15, -0.1) is 0 Å². The molecular formula is C22H23FN2O4. The molecule has 2 aromatic rings. The first-order valence-electron chi connectivity index (χ1n) is 9.63. The van der Waals surface area contributed by atoms with Crippen molar-refractivity contribution in [2.75, 3.05) is 38.3 Å². The van der Waals surface area contributed by atoms with Gasteiger partial charge in [0.25, 0.3) is 11.8 Å². The van der Waals surface area contributed by atoms with Crippen molar-refractivity contribution in [3.8, 4) is 5.75 Å². The highest BCUT2D eigenvalue weighted by Crippen LogP contribution is 2.33. The first-order chi connectivity index (χ1) is 14.0. The van der Waals surface area contributed by atoms with E-state index in [1.54, 1.807) is 41.2 Å². The Kier molecular flexibility index (Phi) is 5.24. The fourth-order valence-corrected chi connectivity index (χ4v) is 3.98. The molecule has 0 aliphatic carbocycles. The van der Waals surface area contributed by atoms with Gasteiger partial charge in [0.2, 0.25) is 0 Å². The molecule has 152 valence electrons. The van der Waals surface area contributed by atoms with Gasteiger partial charge in [-0.25, -0.2) is 4.39 Å². The molecule has 2 aliphatic rings. The standard InChI is InChI=1S/C22H23FN2O4/c1-28-19-5-3-2-4-18(19)21(27)24-12-10-22(11-13-24)15-25(20(26)14-29-22)17-8-6-16(23)7-9-17/h2-9H,10-15H2,1H3. The van der Waals surface area contributed by atoms with Crippen LogP contribution in [0.25, 0.3) is 0 Å². The van der Waals surface area contributed by atoms with Crippen LogP contribution in [0.15, 0.2) is 48.5 Å². The van der Waals surface area contributed by atoms with Crippen molar-refractivity contribution in [3.05, 3.63) is 59.9 Å². The summed E-state index contributed by atoms with van der Waals surface area (Å²) in [7, 11) is 1.55. The molecule has 0 aromatic heterocycles. The fourth-order valence-electron chi connectivity index (χ4n) is 3.98. The summed E-state index contributed by atoms with van der Waals surface area (Å²) in [4.78, 5) is 28.7. The van der Waals surface area contributed by atoms with Crippen LogP contribution in [-0.2, 0) is 9.53 Å². The largest absolute Gasteiger partial charge is 0.496 e. The maximum Gasteiger partial charge on any atom is 0.257 e. The molecule has 2 amide bonds. The van der Waals surface area contributed by atoms with Crippen molar-refractivity contribution in [2.45, 2.75) is 18.4 Å². The van der Waals surface area contributed by atoms with Crippen LogP contribution in [0.3, 0.4) is 0 Å². The van der Waals surface area contributed by atoms with Crippen LogP contribution in [0.4, 0.5) is 10.1 Å². The second-order valence-electron chi connectivity index (χ2n) is 7.42. The molecule has 0 bridgehead atoms. The van der Waals surface area contributed by atoms with Crippen molar-refractivity contribution in [3.63, 3.8) is 0 Å². The Labute approximate surface area is 168 Å². The van der Waals surface area contributed by atoms with Crippen LogP contribution in [0.1, 0.15) is 23.2 Å². The highest BCUT2D eigenvalue weighted by molar-refractivity contribution is 5.97. The van der Waals surface area contributed by atoms with E-state index in [1.807, 2.05) is 12.1 Å². The summed E-state index contributed by atoms with van der Waals surface area (Å²) in [5.74, 6) is 0.00135. The van der Waals surface area contributed by atoms with Crippen LogP contribution in [0, 0.1) is 5.82 Å². The fraction of sp³-hybridized carbons (Fsp3) is 0.364. The molecule has 6 nitrogen and oxygen atoms in total. The lowest BCUT2D eigenvalue weighted by Gasteiger charge is -2.47. The third-order valence-corrected chi connectivity index (χ3v) is 5.69. The van der Waals surface area contributed by atoms with Crippen molar-refractivity contribution >= 4 is 17.5 Å². The Morgan fingerprint density at radius 2 is 1.79 bits per heavy atom. The predicted octanol–water partition coefficient (Wildman–Crippen LogP) is 2.87. The molecular weight excluding hydrogens is 375 g/mol. The number of methoxy groups -OCH3 is 1. The number of likely N-dealkylation sites (tertiary alicyclic amines) is 1. The second-order valence-corrected chi connectivity index (χ2v) is 7.42. The number of carbonyl (C=O) groups is 2. The molecule has 0 atom stereocenters. The number of nitrogens with zero attached hydrogens (tertiary/aromatic N) is 2. The lowest BCUT2D eigenvalue weighted by molar-refractivity contribution is -0.143. The number of halogens is 1. The van der Waals surface area contributed by atoms with E-state index in [0.29, 0.717) is 49.5 Å². The number of anilines is 1. The minimum atomic E-state index is -0.500. The van der Waals surface area contributed by atoms with Gasteiger partial charge in [-0.3, -0.25) is 9.59 Å². The maximum absolute atomic E-state index is 13.2. The first kappa shape index (κ1) is 19.4. The van der Waals surface area contributed by atoms with Crippen LogP contribution in [0.5, 0.6) is 5.75 Å². The number of morpholine rings is 1. The topological polar surface area (TPSA) is 59.1 Å². The van der Waals surface area contributed by atoms with Gasteiger partial charge in [0.05, 0.1) is 24.8 Å². The number of rotatable bonds is 3. The molecule has 1 spiro atoms. The molecule has 4 rings (SSSR count). The van der Waals surface area contributed by atoms with Gasteiger partial charge in [-0.05, 0) is 49.2 Å². The second kappa shape index (κ2) is 7.83. The Morgan fingerprint density at radius 1 is 1.10 bits per heavy atom. The van der Waals surface area contributed by atoms with Gasteiger partial charge < -0.3 is 19.3 Å². The summed E-state index contributed by atoms with van der Waals surface area (Å²) < 4.78 is 24.5. The van der Waals surface area contributed by atoms with E-state index in [1.165, 1.54) is 12.1 Å². The molecule has 29 heavy (non-hydrogen) atoms. The smallest absolute Gasteiger partial charge is 0.257 e. The summed E-state index contributed by atoms with van der Waals surface area (Å²) in [5.41, 5.74) is 0.699. The summed E-state index contributed by atoms with van der Waals surface area (Å²) in [6, 6.07) is 13.1. The Balaban J connectivity index is 1.46. The van der Waals surface area contributed by atoms with Crippen LogP contribution in [0.2, 0.25) is 0 Å². The van der Waals surface area contributed by atoms with Crippen molar-refractivity contribution in [1.82, 2.24) is 4.90 Å². The lowest BCUT2D eigenvalue weighted by atomic mass is 9.88. The average Bonchev–Trinajstić information content (AvgIpc) is 2.76. The number of ether oxygens (including phenoxy) is 2. The van der Waals surface area contributed by atoms with Crippen LogP contribution < -0.4 is 9.64 Å². The van der Waals surface area contributed by atoms with E-state index in [9.17, 15) is 14.0 Å². The normalized spacial score (nSPS) is 18.8. The maximum atomic E-state index is 13.2. The average molecular weight is 398 g/mol. The summed E-state index contributed by atoms with van der Waals surface area (Å²) in [5, 5.41) is 0. The molecule has 2 heterocycles. The van der Waals surface area contributed by atoms with Crippen LogP contribution >= 0.6 is 0 Å². The van der Waals surface area contributed by atoms with E-state index in [4.69, 9.17) is 9.47 Å². The van der Waals surface area contributed by atoms with Crippen molar-refractivity contribution in [2.24, 2.45) is 0 Å². The Hall–Kier alpha value is -2.93. The monoisotopic (exact) mass is 398 g/mol. The molecule has 0 unspecified atom stereocenters. The number of hydrogen-bond acceptors (Lipinski definition) is 4. The summed E-state index contributed by atoms with van der Waals surface area (Å²) in [6.07, 6.45) is 1.25. The van der Waals surface area contributed by atoms with E-state index in [0.717, 1.165) is 0 Å². The van der Waals surface area contributed by atoms with Gasteiger partial charge >= 0.3 is 0 Å². The molecule has 0 radical (unpaired) electrons. The molecule has 2 aliphatic heterocycles. The summed E-state index contributed by atoms with van der Waals surface area (Å²) >= 11 is 0. The quantitative estimate of drug-likeness (QED) is 0.798. The number of amides is 2. The highest BCUT2D eigenvalue weighted by atomic mass is 19.1. The minimum absolute atomic E-state index is 0.0160. The molecule has 7 heteroatoms. The first-order valence-corrected chi connectivity index (χ1v) is 9.63. The minimum Gasteiger partial charge on any atom is -0.496 e. The lowest BCUT2D eigenvalue weighted by Crippen LogP contribution is -2.59.